The summed E-state index contributed by atoms with van der Waals surface area (Å²) in [6, 6.07) is 19.1. The third kappa shape index (κ3) is 4.93. The van der Waals surface area contributed by atoms with E-state index >= 15 is 0 Å². The lowest BCUT2D eigenvalue weighted by atomic mass is 9.87. The molecule has 0 aliphatic carbocycles. The summed E-state index contributed by atoms with van der Waals surface area (Å²) in [4.78, 5) is 26.5. The topological polar surface area (TPSA) is 55.4 Å². The molecule has 0 aliphatic heterocycles. The summed E-state index contributed by atoms with van der Waals surface area (Å²) in [7, 11) is 0. The zero-order chi connectivity index (χ0) is 21.0. The number of carbonyl (C=O) groups is 2. The van der Waals surface area contributed by atoms with Gasteiger partial charge in [0.25, 0.3) is 5.91 Å². The van der Waals surface area contributed by atoms with Crippen LogP contribution in [0.15, 0.2) is 60.7 Å². The van der Waals surface area contributed by atoms with Gasteiger partial charge in [-0.15, -0.1) is 11.3 Å². The van der Waals surface area contributed by atoms with Gasteiger partial charge in [-0.2, -0.15) is 0 Å². The van der Waals surface area contributed by atoms with Crippen molar-refractivity contribution in [1.29, 1.82) is 0 Å². The normalized spacial score (nSPS) is 11.2. The molecule has 1 heterocycles. The van der Waals surface area contributed by atoms with E-state index < -0.39 is 5.97 Å². The van der Waals surface area contributed by atoms with Crippen LogP contribution in [0.4, 0.5) is 5.69 Å². The molecule has 1 amide bonds. The first-order valence-electron chi connectivity index (χ1n) is 9.58. The first-order valence-corrected chi connectivity index (χ1v) is 10.4. The third-order valence-corrected chi connectivity index (χ3v) is 5.68. The van der Waals surface area contributed by atoms with E-state index in [0.717, 1.165) is 16.0 Å². The summed E-state index contributed by atoms with van der Waals surface area (Å²) < 4.78 is 5.18. The van der Waals surface area contributed by atoms with E-state index in [9.17, 15) is 9.59 Å². The van der Waals surface area contributed by atoms with Gasteiger partial charge in [0.15, 0.2) is 0 Å². The van der Waals surface area contributed by atoms with Crippen LogP contribution in [0.25, 0.3) is 10.4 Å². The van der Waals surface area contributed by atoms with Gasteiger partial charge in [-0.3, -0.25) is 4.79 Å². The van der Waals surface area contributed by atoms with Gasteiger partial charge in [0.2, 0.25) is 0 Å². The fraction of sp³-hybridized carbons (Fsp3) is 0.250. The molecule has 5 heteroatoms. The smallest absolute Gasteiger partial charge is 0.350 e. The van der Waals surface area contributed by atoms with Crippen LogP contribution >= 0.6 is 11.3 Å². The molecular formula is C24H25NO3S. The molecule has 29 heavy (non-hydrogen) atoms. The summed E-state index contributed by atoms with van der Waals surface area (Å²) >= 11 is 1.31. The molecule has 0 unspecified atom stereocenters. The summed E-state index contributed by atoms with van der Waals surface area (Å²) in [6.45, 7) is 8.43. The number of thiophene rings is 1. The summed E-state index contributed by atoms with van der Waals surface area (Å²) in [6.07, 6.45) is 0. The predicted molar refractivity (Wildman–Crippen MR) is 119 cm³/mol. The Morgan fingerprint density at radius 3 is 2.24 bits per heavy atom. The van der Waals surface area contributed by atoms with Crippen molar-refractivity contribution in [2.45, 2.75) is 33.1 Å². The molecule has 1 N–H and O–H groups in total. The number of nitrogens with one attached hydrogen (secondary N) is 1. The van der Waals surface area contributed by atoms with Crippen LogP contribution in [0.5, 0.6) is 0 Å². The van der Waals surface area contributed by atoms with E-state index in [4.69, 9.17) is 4.74 Å². The zero-order valence-electron chi connectivity index (χ0n) is 17.1. The van der Waals surface area contributed by atoms with E-state index in [1.165, 1.54) is 11.3 Å². The second-order valence-corrected chi connectivity index (χ2v) is 8.77. The second kappa shape index (κ2) is 8.62. The van der Waals surface area contributed by atoms with Gasteiger partial charge in [0.05, 0.1) is 12.3 Å². The van der Waals surface area contributed by atoms with Crippen molar-refractivity contribution in [1.82, 2.24) is 0 Å². The Kier molecular flexibility index (Phi) is 6.18. The van der Waals surface area contributed by atoms with Crippen molar-refractivity contribution >= 4 is 28.9 Å². The number of ether oxygens (including phenoxy) is 1. The number of hydrogen-bond donors (Lipinski definition) is 1. The molecule has 150 valence electrons. The van der Waals surface area contributed by atoms with Gasteiger partial charge >= 0.3 is 5.97 Å². The quantitative estimate of drug-likeness (QED) is 0.517. The van der Waals surface area contributed by atoms with Crippen molar-refractivity contribution in [3.8, 4) is 10.4 Å². The lowest BCUT2D eigenvalue weighted by Crippen LogP contribution is -2.15. The standard InChI is InChI=1S/C24H25NO3S/c1-5-28-23(27)21-19(15-20(29-21)16-9-7-6-8-10-16)25-22(26)17-11-13-18(14-12-17)24(2,3)4/h6-15H,5H2,1-4H3,(H,25,26). The van der Waals surface area contributed by atoms with Gasteiger partial charge in [0.1, 0.15) is 4.88 Å². The van der Waals surface area contributed by atoms with E-state index in [0.29, 0.717) is 16.1 Å². The van der Waals surface area contributed by atoms with E-state index in [1.807, 2.05) is 60.7 Å². The number of anilines is 1. The molecular weight excluding hydrogens is 382 g/mol. The summed E-state index contributed by atoms with van der Waals surface area (Å²) in [5.74, 6) is -0.688. The first kappa shape index (κ1) is 20.8. The largest absolute Gasteiger partial charge is 0.462 e. The highest BCUT2D eigenvalue weighted by Crippen LogP contribution is 2.35. The maximum absolute atomic E-state index is 12.8. The highest BCUT2D eigenvalue weighted by Gasteiger charge is 2.21. The van der Waals surface area contributed by atoms with Gasteiger partial charge < -0.3 is 10.1 Å². The Morgan fingerprint density at radius 1 is 1.00 bits per heavy atom. The number of rotatable bonds is 5. The van der Waals surface area contributed by atoms with Crippen molar-refractivity contribution in [2.75, 3.05) is 11.9 Å². The summed E-state index contributed by atoms with van der Waals surface area (Å²) in [5, 5.41) is 2.89. The SMILES string of the molecule is CCOC(=O)c1sc(-c2ccccc2)cc1NC(=O)c1ccc(C(C)(C)C)cc1. The average molecular weight is 408 g/mol. The van der Waals surface area contributed by atoms with Crippen molar-refractivity contribution < 1.29 is 14.3 Å². The zero-order valence-corrected chi connectivity index (χ0v) is 17.9. The van der Waals surface area contributed by atoms with E-state index in [-0.39, 0.29) is 17.9 Å². The number of amides is 1. The highest BCUT2D eigenvalue weighted by molar-refractivity contribution is 7.18. The van der Waals surface area contributed by atoms with Gasteiger partial charge in [-0.05, 0) is 41.7 Å². The minimum absolute atomic E-state index is 0.0179. The Morgan fingerprint density at radius 2 is 1.66 bits per heavy atom. The van der Waals surface area contributed by atoms with Crippen LogP contribution in [-0.4, -0.2) is 18.5 Å². The highest BCUT2D eigenvalue weighted by atomic mass is 32.1. The van der Waals surface area contributed by atoms with Crippen LogP contribution < -0.4 is 5.32 Å². The van der Waals surface area contributed by atoms with Crippen molar-refractivity contribution in [3.63, 3.8) is 0 Å². The maximum atomic E-state index is 12.8. The van der Waals surface area contributed by atoms with Crippen LogP contribution in [0.2, 0.25) is 0 Å². The molecule has 0 bridgehead atoms. The Labute approximate surface area is 175 Å². The molecule has 0 radical (unpaired) electrons. The predicted octanol–water partition coefficient (Wildman–Crippen LogP) is 6.14. The molecule has 0 saturated heterocycles. The Balaban J connectivity index is 1.89. The number of esters is 1. The first-order chi connectivity index (χ1) is 13.8. The number of carbonyl (C=O) groups excluding carboxylic acids is 2. The molecule has 0 saturated carbocycles. The van der Waals surface area contributed by atoms with E-state index in [2.05, 4.69) is 26.1 Å². The molecule has 1 aromatic heterocycles. The molecule has 2 aromatic carbocycles. The van der Waals surface area contributed by atoms with Crippen molar-refractivity contribution in [3.05, 3.63) is 76.7 Å². The fourth-order valence-corrected chi connectivity index (χ4v) is 3.91. The van der Waals surface area contributed by atoms with Crippen LogP contribution in [0, 0.1) is 0 Å². The van der Waals surface area contributed by atoms with Gasteiger partial charge in [-0.1, -0.05) is 63.2 Å². The van der Waals surface area contributed by atoms with Crippen molar-refractivity contribution in [2.24, 2.45) is 0 Å². The lowest BCUT2D eigenvalue weighted by Gasteiger charge is -2.19. The molecule has 0 aliphatic rings. The van der Waals surface area contributed by atoms with E-state index in [1.54, 1.807) is 6.92 Å². The van der Waals surface area contributed by atoms with Crippen LogP contribution in [0.1, 0.15) is 53.3 Å². The fourth-order valence-electron chi connectivity index (χ4n) is 2.89. The Hall–Kier alpha value is -2.92. The van der Waals surface area contributed by atoms with Crippen LogP contribution in [-0.2, 0) is 10.2 Å². The molecule has 3 aromatic rings. The minimum Gasteiger partial charge on any atom is -0.462 e. The molecule has 0 spiro atoms. The number of hydrogen-bond acceptors (Lipinski definition) is 4. The van der Waals surface area contributed by atoms with Gasteiger partial charge in [-0.25, -0.2) is 4.79 Å². The minimum atomic E-state index is -0.432. The molecule has 0 atom stereocenters. The summed E-state index contributed by atoms with van der Waals surface area (Å²) in [5.41, 5.74) is 3.17. The molecule has 0 fully saturated rings. The van der Waals surface area contributed by atoms with Gasteiger partial charge in [0, 0.05) is 10.4 Å². The Bertz CT molecular complexity index is 999. The molecule has 3 rings (SSSR count). The number of benzene rings is 2. The second-order valence-electron chi connectivity index (χ2n) is 7.72. The lowest BCUT2D eigenvalue weighted by molar-refractivity contribution is 0.0533. The third-order valence-electron chi connectivity index (χ3n) is 4.51. The average Bonchev–Trinajstić information content (AvgIpc) is 3.12. The monoisotopic (exact) mass is 407 g/mol. The van der Waals surface area contributed by atoms with Crippen LogP contribution in [0.3, 0.4) is 0 Å². The maximum Gasteiger partial charge on any atom is 0.350 e. The molecule has 4 nitrogen and oxygen atoms in total.